The van der Waals surface area contributed by atoms with Gasteiger partial charge in [-0.25, -0.2) is 13.4 Å². The zero-order valence-electron chi connectivity index (χ0n) is 10.8. The molecule has 0 atom stereocenters. The maximum absolute atomic E-state index is 12.3. The minimum absolute atomic E-state index is 0.0509. The highest BCUT2D eigenvalue weighted by molar-refractivity contribution is 7.89. The number of hydrogen-bond acceptors (Lipinski definition) is 5. The van der Waals surface area contributed by atoms with E-state index >= 15 is 0 Å². The second-order valence-electron chi connectivity index (χ2n) is 4.07. The van der Waals surface area contributed by atoms with E-state index < -0.39 is 10.0 Å². The Kier molecular flexibility index (Phi) is 4.08. The molecular weight excluding hydrogens is 276 g/mol. The predicted molar refractivity (Wildman–Crippen MR) is 71.8 cm³/mol. The van der Waals surface area contributed by atoms with Crippen molar-refractivity contribution in [2.45, 2.75) is 11.4 Å². The highest BCUT2D eigenvalue weighted by Crippen LogP contribution is 2.15. The number of hydrogen-bond donors (Lipinski definition) is 0. The first kappa shape index (κ1) is 14.1. The normalized spacial score (nSPS) is 11.2. The molecule has 6 nitrogen and oxygen atoms in total. The maximum Gasteiger partial charge on any atom is 0.244 e. The van der Waals surface area contributed by atoms with Crippen LogP contribution in [0.3, 0.4) is 0 Å². The standard InChI is InChI=1S/C13H12N4O2S/c1-17(10-12-4-2-3-7-15-12)20(18,19)13-6-5-11(8-14)16-9-13/h2-7,9H,10H2,1H3. The molecule has 0 fully saturated rings. The summed E-state index contributed by atoms with van der Waals surface area (Å²) >= 11 is 0. The van der Waals surface area contributed by atoms with Gasteiger partial charge in [-0.1, -0.05) is 6.07 Å². The van der Waals surface area contributed by atoms with E-state index in [9.17, 15) is 8.42 Å². The van der Waals surface area contributed by atoms with E-state index in [1.54, 1.807) is 24.4 Å². The third-order valence-corrected chi connectivity index (χ3v) is 4.46. The van der Waals surface area contributed by atoms with Gasteiger partial charge in [0.25, 0.3) is 0 Å². The van der Waals surface area contributed by atoms with Gasteiger partial charge in [-0.3, -0.25) is 4.98 Å². The SMILES string of the molecule is CN(Cc1ccccn1)S(=O)(=O)c1ccc(C#N)nc1. The number of nitriles is 1. The third kappa shape index (κ3) is 2.99. The van der Waals surface area contributed by atoms with Gasteiger partial charge in [0.2, 0.25) is 10.0 Å². The van der Waals surface area contributed by atoms with Crippen LogP contribution in [0.4, 0.5) is 0 Å². The molecule has 2 rings (SSSR count). The van der Waals surface area contributed by atoms with Crippen LogP contribution in [0.5, 0.6) is 0 Å². The maximum atomic E-state index is 12.3. The average molecular weight is 288 g/mol. The van der Waals surface area contributed by atoms with Gasteiger partial charge < -0.3 is 0 Å². The highest BCUT2D eigenvalue weighted by Gasteiger charge is 2.21. The summed E-state index contributed by atoms with van der Waals surface area (Å²) in [5, 5.41) is 8.65. The smallest absolute Gasteiger partial charge is 0.244 e. The van der Waals surface area contributed by atoms with Crippen LogP contribution in [-0.4, -0.2) is 29.7 Å². The Morgan fingerprint density at radius 3 is 2.60 bits per heavy atom. The van der Waals surface area contributed by atoms with Crippen molar-refractivity contribution >= 4 is 10.0 Å². The molecule has 0 spiro atoms. The van der Waals surface area contributed by atoms with Gasteiger partial charge >= 0.3 is 0 Å². The van der Waals surface area contributed by atoms with Crippen LogP contribution in [0.15, 0.2) is 47.6 Å². The summed E-state index contributed by atoms with van der Waals surface area (Å²) < 4.78 is 25.8. The first-order valence-corrected chi connectivity index (χ1v) is 7.20. The fraction of sp³-hybridized carbons (Fsp3) is 0.154. The largest absolute Gasteiger partial charge is 0.260 e. The fourth-order valence-corrected chi connectivity index (χ4v) is 2.67. The summed E-state index contributed by atoms with van der Waals surface area (Å²) in [6.07, 6.45) is 2.79. The molecule has 0 aliphatic rings. The van der Waals surface area contributed by atoms with Gasteiger partial charge in [0.15, 0.2) is 0 Å². The van der Waals surface area contributed by atoms with E-state index in [4.69, 9.17) is 5.26 Å². The molecule has 0 radical (unpaired) electrons. The molecular formula is C13H12N4O2S. The van der Waals surface area contributed by atoms with E-state index in [1.165, 1.54) is 29.7 Å². The van der Waals surface area contributed by atoms with Crippen molar-refractivity contribution in [3.63, 3.8) is 0 Å². The zero-order valence-corrected chi connectivity index (χ0v) is 11.6. The molecule has 0 unspecified atom stereocenters. The van der Waals surface area contributed by atoms with E-state index in [-0.39, 0.29) is 17.1 Å². The van der Waals surface area contributed by atoms with Crippen molar-refractivity contribution in [2.24, 2.45) is 0 Å². The van der Waals surface area contributed by atoms with E-state index in [0.717, 1.165) is 0 Å². The molecule has 20 heavy (non-hydrogen) atoms. The van der Waals surface area contributed by atoms with Crippen molar-refractivity contribution in [3.05, 3.63) is 54.1 Å². The Hall–Kier alpha value is -2.30. The number of rotatable bonds is 4. The van der Waals surface area contributed by atoms with Crippen LogP contribution < -0.4 is 0 Å². The topological polar surface area (TPSA) is 87.0 Å². The predicted octanol–water partition coefficient (Wildman–Crippen LogP) is 1.17. The summed E-state index contributed by atoms with van der Waals surface area (Å²) in [6.45, 7) is 0.170. The molecule has 0 aliphatic heterocycles. The molecule has 0 bridgehead atoms. The lowest BCUT2D eigenvalue weighted by Gasteiger charge is -2.16. The Labute approximate surface area is 117 Å². The second kappa shape index (κ2) is 5.77. The molecule has 0 saturated carbocycles. The lowest BCUT2D eigenvalue weighted by atomic mass is 10.3. The number of pyridine rings is 2. The number of aromatic nitrogens is 2. The number of sulfonamides is 1. The average Bonchev–Trinajstić information content (AvgIpc) is 2.48. The molecule has 7 heteroatoms. The molecule has 0 amide bonds. The lowest BCUT2D eigenvalue weighted by molar-refractivity contribution is 0.462. The van der Waals surface area contributed by atoms with Gasteiger partial charge in [-0.05, 0) is 24.3 Å². The van der Waals surface area contributed by atoms with E-state index in [0.29, 0.717) is 5.69 Å². The molecule has 0 N–H and O–H groups in total. The first-order valence-electron chi connectivity index (χ1n) is 5.76. The van der Waals surface area contributed by atoms with Gasteiger partial charge in [0, 0.05) is 19.4 Å². The summed E-state index contributed by atoms with van der Waals surface area (Å²) in [5.74, 6) is 0. The van der Waals surface area contributed by atoms with Crippen LogP contribution in [-0.2, 0) is 16.6 Å². The van der Waals surface area contributed by atoms with Crippen molar-refractivity contribution in [1.29, 1.82) is 5.26 Å². The van der Waals surface area contributed by atoms with Gasteiger partial charge in [-0.2, -0.15) is 9.57 Å². The van der Waals surface area contributed by atoms with E-state index in [1.807, 2.05) is 6.07 Å². The van der Waals surface area contributed by atoms with Crippen molar-refractivity contribution in [3.8, 4) is 6.07 Å². The van der Waals surface area contributed by atoms with Crippen molar-refractivity contribution < 1.29 is 8.42 Å². The minimum Gasteiger partial charge on any atom is -0.260 e. The van der Waals surface area contributed by atoms with E-state index in [2.05, 4.69) is 9.97 Å². The molecule has 0 aromatic carbocycles. The van der Waals surface area contributed by atoms with Crippen LogP contribution in [0, 0.1) is 11.3 Å². The second-order valence-corrected chi connectivity index (χ2v) is 6.12. The summed E-state index contributed by atoms with van der Waals surface area (Å²) in [4.78, 5) is 7.91. The number of nitrogens with zero attached hydrogens (tertiary/aromatic N) is 4. The van der Waals surface area contributed by atoms with Crippen LogP contribution in [0.2, 0.25) is 0 Å². The molecule has 2 aromatic heterocycles. The Balaban J connectivity index is 2.23. The fourth-order valence-electron chi connectivity index (χ4n) is 1.58. The lowest BCUT2D eigenvalue weighted by Crippen LogP contribution is -2.27. The van der Waals surface area contributed by atoms with Crippen molar-refractivity contribution in [2.75, 3.05) is 7.05 Å². The van der Waals surface area contributed by atoms with Crippen molar-refractivity contribution in [1.82, 2.24) is 14.3 Å². The summed E-state index contributed by atoms with van der Waals surface area (Å²) in [6, 6.07) is 9.91. The Bertz CT molecular complexity index is 721. The van der Waals surface area contributed by atoms with Gasteiger partial charge in [0.05, 0.1) is 12.2 Å². The van der Waals surface area contributed by atoms with Crippen LogP contribution in [0.1, 0.15) is 11.4 Å². The highest BCUT2D eigenvalue weighted by atomic mass is 32.2. The molecule has 0 aliphatic carbocycles. The molecule has 2 heterocycles. The third-order valence-electron chi connectivity index (χ3n) is 2.67. The first-order chi connectivity index (χ1) is 9.54. The van der Waals surface area contributed by atoms with Gasteiger partial charge in [0.1, 0.15) is 16.7 Å². The Morgan fingerprint density at radius 1 is 1.25 bits per heavy atom. The minimum atomic E-state index is -3.64. The molecule has 0 saturated heterocycles. The molecule has 2 aromatic rings. The Morgan fingerprint density at radius 2 is 2.05 bits per heavy atom. The molecule has 102 valence electrons. The zero-order chi connectivity index (χ0) is 14.6. The summed E-state index contributed by atoms with van der Waals surface area (Å²) in [7, 11) is -2.17. The summed E-state index contributed by atoms with van der Waals surface area (Å²) in [5.41, 5.74) is 0.830. The van der Waals surface area contributed by atoms with Crippen LogP contribution >= 0.6 is 0 Å². The van der Waals surface area contributed by atoms with Crippen LogP contribution in [0.25, 0.3) is 0 Å². The van der Waals surface area contributed by atoms with Gasteiger partial charge in [-0.15, -0.1) is 0 Å². The quantitative estimate of drug-likeness (QED) is 0.842. The monoisotopic (exact) mass is 288 g/mol.